The molecule has 0 bridgehead atoms. The Kier molecular flexibility index (Phi) is 3.95. The van der Waals surface area contributed by atoms with Crippen LogP contribution in [0.25, 0.3) is 0 Å². The van der Waals surface area contributed by atoms with Crippen molar-refractivity contribution in [2.45, 2.75) is 26.4 Å². The number of hydrogen-bond acceptors (Lipinski definition) is 3. The molecule has 0 spiro atoms. The number of para-hydroxylation sites is 1. The van der Waals surface area contributed by atoms with E-state index in [1.165, 1.54) is 0 Å². The summed E-state index contributed by atoms with van der Waals surface area (Å²) in [5.41, 5.74) is 2.96. The molecule has 0 aliphatic carbocycles. The number of aliphatic hydroxyl groups is 1. The molecule has 94 valence electrons. The normalized spacial score (nSPS) is 12.2. The number of rotatable bonds is 4. The molecule has 0 fully saturated rings. The van der Waals surface area contributed by atoms with Gasteiger partial charge < -0.3 is 10.4 Å². The highest BCUT2D eigenvalue weighted by Gasteiger charge is 2.09. The lowest BCUT2D eigenvalue weighted by Crippen LogP contribution is -2.01. The molecule has 0 saturated heterocycles. The molecular formula is C15H18N2O. The molecule has 1 atom stereocenters. The number of nitrogens with one attached hydrogen (secondary N) is 1. The van der Waals surface area contributed by atoms with Gasteiger partial charge in [-0.25, -0.2) is 4.98 Å². The fraction of sp³-hybridized carbons (Fsp3) is 0.267. The number of pyridine rings is 1. The molecule has 3 heteroatoms. The quantitative estimate of drug-likeness (QED) is 0.861. The van der Waals surface area contributed by atoms with E-state index in [1.54, 1.807) is 6.20 Å². The first-order chi connectivity index (χ1) is 8.70. The Labute approximate surface area is 108 Å². The third-order valence-corrected chi connectivity index (χ3v) is 2.94. The van der Waals surface area contributed by atoms with Crippen LogP contribution >= 0.6 is 0 Å². The Morgan fingerprint density at radius 2 is 2.00 bits per heavy atom. The third kappa shape index (κ3) is 2.87. The van der Waals surface area contributed by atoms with Gasteiger partial charge in [-0.3, -0.25) is 0 Å². The van der Waals surface area contributed by atoms with Crippen LogP contribution < -0.4 is 5.32 Å². The largest absolute Gasteiger partial charge is 0.388 e. The first kappa shape index (κ1) is 12.6. The summed E-state index contributed by atoms with van der Waals surface area (Å²) in [6.07, 6.45) is 2.02. The Balaban J connectivity index is 2.19. The van der Waals surface area contributed by atoms with Gasteiger partial charge in [0.1, 0.15) is 5.82 Å². The van der Waals surface area contributed by atoms with E-state index in [4.69, 9.17) is 0 Å². The predicted octanol–water partition coefficient (Wildman–Crippen LogP) is 3.58. The lowest BCUT2D eigenvalue weighted by atomic mass is 10.0. The molecule has 2 N–H and O–H groups in total. The van der Waals surface area contributed by atoms with Crippen molar-refractivity contribution in [3.63, 3.8) is 0 Å². The van der Waals surface area contributed by atoms with E-state index < -0.39 is 6.10 Å². The second-order valence-corrected chi connectivity index (χ2v) is 4.34. The monoisotopic (exact) mass is 242 g/mol. The van der Waals surface area contributed by atoms with Crippen LogP contribution in [0.4, 0.5) is 11.5 Å². The summed E-state index contributed by atoms with van der Waals surface area (Å²) in [5.74, 6) is 0.797. The summed E-state index contributed by atoms with van der Waals surface area (Å²) in [6.45, 7) is 3.95. The highest BCUT2D eigenvalue weighted by Crippen LogP contribution is 2.22. The summed E-state index contributed by atoms with van der Waals surface area (Å²) < 4.78 is 0. The molecule has 0 aliphatic rings. The summed E-state index contributed by atoms with van der Waals surface area (Å²) in [7, 11) is 0. The van der Waals surface area contributed by atoms with Crippen molar-refractivity contribution in [3.05, 3.63) is 53.7 Å². The van der Waals surface area contributed by atoms with E-state index in [0.29, 0.717) is 6.42 Å². The molecule has 0 aliphatic heterocycles. The van der Waals surface area contributed by atoms with Gasteiger partial charge in [-0.1, -0.05) is 25.1 Å². The molecule has 1 aromatic carbocycles. The van der Waals surface area contributed by atoms with Gasteiger partial charge in [-0.2, -0.15) is 0 Å². The summed E-state index contributed by atoms with van der Waals surface area (Å²) in [6, 6.07) is 11.9. The van der Waals surface area contributed by atoms with Crippen LogP contribution in [0.5, 0.6) is 0 Å². The SMILES string of the molecule is CC[C@@H](O)c1cnc(Nc2ccccc2)cc1C. The van der Waals surface area contributed by atoms with Crippen LogP contribution in [0.1, 0.15) is 30.6 Å². The Morgan fingerprint density at radius 1 is 1.28 bits per heavy atom. The topological polar surface area (TPSA) is 45.2 Å². The van der Waals surface area contributed by atoms with E-state index in [1.807, 2.05) is 50.2 Å². The predicted molar refractivity (Wildman–Crippen MR) is 73.9 cm³/mol. The average molecular weight is 242 g/mol. The van der Waals surface area contributed by atoms with Crippen molar-refractivity contribution < 1.29 is 5.11 Å². The maximum absolute atomic E-state index is 9.83. The Morgan fingerprint density at radius 3 is 2.61 bits per heavy atom. The average Bonchev–Trinajstić information content (AvgIpc) is 2.39. The van der Waals surface area contributed by atoms with Crippen LogP contribution in [-0.2, 0) is 0 Å². The van der Waals surface area contributed by atoms with Crippen molar-refractivity contribution >= 4 is 11.5 Å². The molecule has 18 heavy (non-hydrogen) atoms. The number of benzene rings is 1. The number of anilines is 2. The first-order valence-electron chi connectivity index (χ1n) is 6.17. The molecular weight excluding hydrogens is 224 g/mol. The summed E-state index contributed by atoms with van der Waals surface area (Å²) in [5, 5.41) is 13.1. The van der Waals surface area contributed by atoms with Gasteiger partial charge in [0.05, 0.1) is 6.10 Å². The highest BCUT2D eigenvalue weighted by molar-refractivity contribution is 5.56. The van der Waals surface area contributed by atoms with Gasteiger partial charge in [-0.15, -0.1) is 0 Å². The van der Waals surface area contributed by atoms with E-state index >= 15 is 0 Å². The Bertz CT molecular complexity index is 511. The minimum atomic E-state index is -0.428. The number of aryl methyl sites for hydroxylation is 1. The fourth-order valence-electron chi connectivity index (χ4n) is 1.87. The van der Waals surface area contributed by atoms with Crippen LogP contribution in [-0.4, -0.2) is 10.1 Å². The summed E-state index contributed by atoms with van der Waals surface area (Å²) in [4.78, 5) is 4.33. The second-order valence-electron chi connectivity index (χ2n) is 4.34. The molecule has 1 aromatic heterocycles. The molecule has 0 amide bonds. The molecule has 0 radical (unpaired) electrons. The van der Waals surface area contributed by atoms with Gasteiger partial charge in [-0.05, 0) is 37.1 Å². The number of aromatic nitrogens is 1. The minimum Gasteiger partial charge on any atom is -0.388 e. The van der Waals surface area contributed by atoms with Gasteiger partial charge in [0.25, 0.3) is 0 Å². The lowest BCUT2D eigenvalue weighted by Gasteiger charge is -2.13. The minimum absolute atomic E-state index is 0.428. The van der Waals surface area contributed by atoms with Gasteiger partial charge >= 0.3 is 0 Å². The molecule has 2 rings (SSSR count). The Hall–Kier alpha value is -1.87. The van der Waals surface area contributed by atoms with Crippen LogP contribution in [0, 0.1) is 6.92 Å². The lowest BCUT2D eigenvalue weighted by molar-refractivity contribution is 0.172. The van der Waals surface area contributed by atoms with E-state index in [0.717, 1.165) is 22.6 Å². The van der Waals surface area contributed by atoms with E-state index in [-0.39, 0.29) is 0 Å². The maximum atomic E-state index is 9.83. The molecule has 0 saturated carbocycles. The third-order valence-electron chi connectivity index (χ3n) is 2.94. The second kappa shape index (κ2) is 5.65. The van der Waals surface area contributed by atoms with Crippen LogP contribution in [0.3, 0.4) is 0 Å². The smallest absolute Gasteiger partial charge is 0.130 e. The van der Waals surface area contributed by atoms with Crippen molar-refractivity contribution in [1.82, 2.24) is 4.98 Å². The first-order valence-corrected chi connectivity index (χ1v) is 6.17. The zero-order chi connectivity index (χ0) is 13.0. The maximum Gasteiger partial charge on any atom is 0.130 e. The standard InChI is InChI=1S/C15H18N2O/c1-3-14(18)13-10-16-15(9-11(13)2)17-12-7-5-4-6-8-12/h4-10,14,18H,3H2,1-2H3,(H,16,17)/t14-/m1/s1. The van der Waals surface area contributed by atoms with Crippen molar-refractivity contribution in [3.8, 4) is 0 Å². The van der Waals surface area contributed by atoms with Crippen molar-refractivity contribution in [2.75, 3.05) is 5.32 Å². The number of nitrogens with zero attached hydrogens (tertiary/aromatic N) is 1. The number of hydrogen-bond donors (Lipinski definition) is 2. The van der Waals surface area contributed by atoms with Gasteiger partial charge in [0, 0.05) is 17.4 Å². The number of aliphatic hydroxyl groups excluding tert-OH is 1. The summed E-state index contributed by atoms with van der Waals surface area (Å²) >= 11 is 0. The van der Waals surface area contributed by atoms with Crippen molar-refractivity contribution in [1.29, 1.82) is 0 Å². The van der Waals surface area contributed by atoms with E-state index in [9.17, 15) is 5.11 Å². The molecule has 3 nitrogen and oxygen atoms in total. The van der Waals surface area contributed by atoms with Crippen molar-refractivity contribution in [2.24, 2.45) is 0 Å². The highest BCUT2D eigenvalue weighted by atomic mass is 16.3. The van der Waals surface area contributed by atoms with E-state index in [2.05, 4.69) is 10.3 Å². The van der Waals surface area contributed by atoms with Gasteiger partial charge in [0.15, 0.2) is 0 Å². The van der Waals surface area contributed by atoms with Crippen LogP contribution in [0.2, 0.25) is 0 Å². The molecule has 1 heterocycles. The zero-order valence-corrected chi connectivity index (χ0v) is 10.7. The molecule has 2 aromatic rings. The fourth-order valence-corrected chi connectivity index (χ4v) is 1.87. The zero-order valence-electron chi connectivity index (χ0n) is 10.7. The van der Waals surface area contributed by atoms with Gasteiger partial charge in [0.2, 0.25) is 0 Å². The molecule has 0 unspecified atom stereocenters. The van der Waals surface area contributed by atoms with Crippen LogP contribution in [0.15, 0.2) is 42.6 Å².